The molecule has 1 amide bonds. The second-order valence-corrected chi connectivity index (χ2v) is 5.29. The van der Waals surface area contributed by atoms with Crippen LogP contribution in [0, 0.1) is 0 Å². The van der Waals surface area contributed by atoms with Crippen molar-refractivity contribution >= 4 is 11.6 Å². The highest BCUT2D eigenvalue weighted by atomic mass is 16.5. The van der Waals surface area contributed by atoms with E-state index < -0.39 is 0 Å². The van der Waals surface area contributed by atoms with Gasteiger partial charge in [0, 0.05) is 12.1 Å². The lowest BCUT2D eigenvalue weighted by atomic mass is 10.1. The summed E-state index contributed by atoms with van der Waals surface area (Å²) >= 11 is 0. The molecule has 1 N–H and O–H groups in total. The van der Waals surface area contributed by atoms with E-state index >= 15 is 0 Å². The van der Waals surface area contributed by atoms with Crippen LogP contribution in [0.5, 0.6) is 5.75 Å². The highest BCUT2D eigenvalue weighted by Crippen LogP contribution is 2.15. The Morgan fingerprint density at radius 1 is 1.21 bits per heavy atom. The van der Waals surface area contributed by atoms with Gasteiger partial charge in [0.25, 0.3) is 0 Å². The Morgan fingerprint density at radius 2 is 2.04 bits per heavy atom. The number of ether oxygens (including phenoxy) is 1. The number of anilines is 1. The second kappa shape index (κ2) is 7.41. The summed E-state index contributed by atoms with van der Waals surface area (Å²) in [5, 5.41) is 6.96. The summed E-state index contributed by atoms with van der Waals surface area (Å²) in [5.74, 6) is 0.780. The van der Waals surface area contributed by atoms with E-state index in [1.54, 1.807) is 18.1 Å². The molecule has 24 heavy (non-hydrogen) atoms. The first-order valence-electron chi connectivity index (χ1n) is 7.62. The molecule has 0 fully saturated rings. The minimum atomic E-state index is -0.0219. The number of hydrogen-bond donors (Lipinski definition) is 1. The zero-order valence-electron chi connectivity index (χ0n) is 13.3. The van der Waals surface area contributed by atoms with Crippen LogP contribution in [-0.2, 0) is 11.2 Å². The van der Waals surface area contributed by atoms with Gasteiger partial charge in [0.15, 0.2) is 0 Å². The van der Waals surface area contributed by atoms with Crippen LogP contribution >= 0.6 is 0 Å². The van der Waals surface area contributed by atoms with Crippen molar-refractivity contribution in [2.45, 2.75) is 12.8 Å². The summed E-state index contributed by atoms with van der Waals surface area (Å²) in [6.07, 6.45) is 4.19. The highest BCUT2D eigenvalue weighted by molar-refractivity contribution is 5.90. The van der Waals surface area contributed by atoms with Gasteiger partial charge in [-0.25, -0.2) is 9.67 Å². The fourth-order valence-electron chi connectivity index (χ4n) is 2.35. The molecule has 0 aliphatic rings. The van der Waals surface area contributed by atoms with Crippen LogP contribution < -0.4 is 10.1 Å². The van der Waals surface area contributed by atoms with Crippen LogP contribution in [0.25, 0.3) is 5.69 Å². The number of nitrogens with one attached hydrogen (secondary N) is 1. The maximum Gasteiger partial charge on any atom is 0.224 e. The first-order chi connectivity index (χ1) is 11.7. The Balaban J connectivity index is 1.54. The predicted molar refractivity (Wildman–Crippen MR) is 91.3 cm³/mol. The molecule has 0 aliphatic carbocycles. The summed E-state index contributed by atoms with van der Waals surface area (Å²) in [6, 6.07) is 15.2. The summed E-state index contributed by atoms with van der Waals surface area (Å²) in [7, 11) is 1.63. The van der Waals surface area contributed by atoms with E-state index in [0.717, 1.165) is 22.7 Å². The number of aryl methyl sites for hydroxylation is 1. The fraction of sp³-hybridized carbons (Fsp3) is 0.167. The molecule has 1 aromatic heterocycles. The molecule has 122 valence electrons. The molecule has 0 saturated carbocycles. The third kappa shape index (κ3) is 3.98. The van der Waals surface area contributed by atoms with Gasteiger partial charge in [0.2, 0.25) is 5.91 Å². The maximum absolute atomic E-state index is 12.1. The third-order valence-corrected chi connectivity index (χ3v) is 3.61. The standard InChI is InChI=1S/C18H18N4O2/c1-24-17-4-2-3-14(11-17)5-10-18(23)21-15-6-8-16(9-7-15)22-13-19-12-20-22/h2-4,6-9,11-13H,5,10H2,1H3,(H,21,23). The predicted octanol–water partition coefficient (Wildman–Crippen LogP) is 2.85. The molecule has 3 rings (SSSR count). The van der Waals surface area contributed by atoms with Crippen molar-refractivity contribution in [3.63, 3.8) is 0 Å². The zero-order chi connectivity index (χ0) is 16.8. The number of carbonyl (C=O) groups excluding carboxylic acids is 1. The van der Waals surface area contributed by atoms with Crippen molar-refractivity contribution in [3.05, 3.63) is 66.7 Å². The van der Waals surface area contributed by atoms with Gasteiger partial charge < -0.3 is 10.1 Å². The number of aromatic nitrogens is 3. The Hall–Kier alpha value is -3.15. The van der Waals surface area contributed by atoms with E-state index in [1.165, 1.54) is 6.33 Å². The number of benzene rings is 2. The smallest absolute Gasteiger partial charge is 0.224 e. The van der Waals surface area contributed by atoms with Crippen LogP contribution in [0.3, 0.4) is 0 Å². The molecule has 0 atom stereocenters. The number of methoxy groups -OCH3 is 1. The molecule has 2 aromatic carbocycles. The summed E-state index contributed by atoms with van der Waals surface area (Å²) in [6.45, 7) is 0. The van der Waals surface area contributed by atoms with E-state index in [2.05, 4.69) is 15.4 Å². The first kappa shape index (κ1) is 15.7. The Bertz CT molecular complexity index is 798. The van der Waals surface area contributed by atoms with E-state index in [4.69, 9.17) is 4.74 Å². The molecule has 0 unspecified atom stereocenters. The minimum absolute atomic E-state index is 0.0219. The van der Waals surface area contributed by atoms with Crippen LogP contribution in [-0.4, -0.2) is 27.8 Å². The molecule has 6 nitrogen and oxygen atoms in total. The largest absolute Gasteiger partial charge is 0.497 e. The lowest BCUT2D eigenvalue weighted by Gasteiger charge is -2.07. The summed E-state index contributed by atoms with van der Waals surface area (Å²) in [4.78, 5) is 16.0. The van der Waals surface area contributed by atoms with Gasteiger partial charge in [-0.2, -0.15) is 5.10 Å². The van der Waals surface area contributed by atoms with Crippen molar-refractivity contribution in [2.24, 2.45) is 0 Å². The average Bonchev–Trinajstić information content (AvgIpc) is 3.15. The molecule has 0 saturated heterocycles. The Morgan fingerprint density at radius 3 is 2.75 bits per heavy atom. The molecule has 0 radical (unpaired) electrons. The first-order valence-corrected chi connectivity index (χ1v) is 7.62. The van der Waals surface area contributed by atoms with E-state index in [0.29, 0.717) is 12.8 Å². The average molecular weight is 322 g/mol. The molecule has 3 aromatic rings. The monoisotopic (exact) mass is 322 g/mol. The Kier molecular flexibility index (Phi) is 4.86. The normalized spacial score (nSPS) is 10.4. The summed E-state index contributed by atoms with van der Waals surface area (Å²) in [5.41, 5.74) is 2.72. The fourth-order valence-corrected chi connectivity index (χ4v) is 2.35. The van der Waals surface area contributed by atoms with Crippen LogP contribution in [0.15, 0.2) is 61.2 Å². The van der Waals surface area contributed by atoms with Gasteiger partial charge in [0.1, 0.15) is 18.4 Å². The SMILES string of the molecule is COc1cccc(CCC(=O)Nc2ccc(-n3cncn3)cc2)c1. The number of carbonyl (C=O) groups is 1. The molecular weight excluding hydrogens is 304 g/mol. The minimum Gasteiger partial charge on any atom is -0.497 e. The van der Waals surface area contributed by atoms with Gasteiger partial charge in [-0.15, -0.1) is 0 Å². The number of rotatable bonds is 6. The molecule has 1 heterocycles. The van der Waals surface area contributed by atoms with Gasteiger partial charge in [-0.05, 0) is 48.4 Å². The number of hydrogen-bond acceptors (Lipinski definition) is 4. The molecule has 0 bridgehead atoms. The van der Waals surface area contributed by atoms with Crippen molar-refractivity contribution in [2.75, 3.05) is 12.4 Å². The van der Waals surface area contributed by atoms with Gasteiger partial charge in [0.05, 0.1) is 12.8 Å². The zero-order valence-corrected chi connectivity index (χ0v) is 13.3. The lowest BCUT2D eigenvalue weighted by Crippen LogP contribution is -2.12. The lowest BCUT2D eigenvalue weighted by molar-refractivity contribution is -0.116. The van der Waals surface area contributed by atoms with Gasteiger partial charge in [-0.3, -0.25) is 4.79 Å². The van der Waals surface area contributed by atoms with Crippen molar-refractivity contribution in [3.8, 4) is 11.4 Å². The highest BCUT2D eigenvalue weighted by Gasteiger charge is 2.05. The number of amides is 1. The molecule has 0 aliphatic heterocycles. The van der Waals surface area contributed by atoms with Crippen molar-refractivity contribution in [1.82, 2.24) is 14.8 Å². The van der Waals surface area contributed by atoms with E-state index in [-0.39, 0.29) is 5.91 Å². The third-order valence-electron chi connectivity index (χ3n) is 3.61. The maximum atomic E-state index is 12.1. The number of nitrogens with zero attached hydrogens (tertiary/aromatic N) is 3. The molecular formula is C18H18N4O2. The summed E-state index contributed by atoms with van der Waals surface area (Å²) < 4.78 is 6.85. The second-order valence-electron chi connectivity index (χ2n) is 5.29. The van der Waals surface area contributed by atoms with Crippen LogP contribution in [0.4, 0.5) is 5.69 Å². The Labute approximate surface area is 140 Å². The molecule has 0 spiro atoms. The van der Waals surface area contributed by atoms with E-state index in [9.17, 15) is 4.79 Å². The van der Waals surface area contributed by atoms with E-state index in [1.807, 2.05) is 48.5 Å². The topological polar surface area (TPSA) is 69.0 Å². The molecule has 6 heteroatoms. The van der Waals surface area contributed by atoms with Crippen LogP contribution in [0.2, 0.25) is 0 Å². The quantitative estimate of drug-likeness (QED) is 0.757. The van der Waals surface area contributed by atoms with Crippen molar-refractivity contribution in [1.29, 1.82) is 0 Å². The van der Waals surface area contributed by atoms with Crippen LogP contribution in [0.1, 0.15) is 12.0 Å². The van der Waals surface area contributed by atoms with Gasteiger partial charge >= 0.3 is 0 Å². The van der Waals surface area contributed by atoms with Crippen molar-refractivity contribution < 1.29 is 9.53 Å². The van der Waals surface area contributed by atoms with Gasteiger partial charge in [-0.1, -0.05) is 12.1 Å².